The average Bonchev–Trinajstić information content (AvgIpc) is 2.29. The van der Waals surface area contributed by atoms with Crippen molar-refractivity contribution in [3.63, 3.8) is 0 Å². The van der Waals surface area contributed by atoms with Crippen molar-refractivity contribution in [2.75, 3.05) is 0 Å². The smallest absolute Gasteiger partial charge is 0.307 e. The summed E-state index contributed by atoms with van der Waals surface area (Å²) in [5, 5.41) is 0. The van der Waals surface area contributed by atoms with Gasteiger partial charge in [-0.25, -0.2) is 0 Å². The van der Waals surface area contributed by atoms with Gasteiger partial charge in [-0.05, 0) is 0 Å². The molecule has 0 spiro atoms. The summed E-state index contributed by atoms with van der Waals surface area (Å²) in [5.74, 6) is 0. The molecule has 0 radical (unpaired) electrons. The summed E-state index contributed by atoms with van der Waals surface area (Å²) in [5.41, 5.74) is 0. The van der Waals surface area contributed by atoms with Gasteiger partial charge in [0.1, 0.15) is 20.4 Å². The molecule has 0 aliphatic rings. The number of rotatable bonds is 0. The molecule has 0 aliphatic heterocycles. The topological polar surface area (TPSA) is 51.2 Å². The molecule has 3 nitrogen and oxygen atoms in total. The first-order valence-electron chi connectivity index (χ1n) is 2.87. The average molecular weight is 352 g/mol. The second-order valence-electron chi connectivity index (χ2n) is 1.15. The van der Waals surface area contributed by atoms with E-state index in [-0.39, 0.29) is 21.1 Å². The van der Waals surface area contributed by atoms with Crippen molar-refractivity contribution in [1.82, 2.24) is 0 Å². The Hall–Kier alpha value is -1.08. The first-order chi connectivity index (χ1) is 6.00. The molecule has 0 unspecified atom stereocenters. The van der Waals surface area contributed by atoms with Gasteiger partial charge >= 0.3 is 21.1 Å². The molecular weight excluding hydrogens is 340 g/mol. The number of hydrogen-bond acceptors (Lipinski definition) is 3. The maximum absolute atomic E-state index is 8.00. The fourth-order valence-corrected chi connectivity index (χ4v) is 0.385. The summed E-state index contributed by atoms with van der Waals surface area (Å²) in [6.45, 7) is 6.00. The van der Waals surface area contributed by atoms with Crippen LogP contribution in [-0.4, -0.2) is 20.4 Å². The number of carbonyl (C=O) groups excluding carboxylic acids is 3. The molecule has 0 amide bonds. The first kappa shape index (κ1) is 22.7. The molecule has 0 aromatic heterocycles. The fourth-order valence-electron chi connectivity index (χ4n) is 0.385. The molecule has 0 N–H and O–H groups in total. The van der Waals surface area contributed by atoms with Gasteiger partial charge in [0.05, 0.1) is 0 Å². The molecule has 4 heteroatoms. The standard InChI is InChI=1S/C6H6.3CH2O.W/c1-2-4-6-5-3-1;3*1-2;/h1-6H;3*1H2;/q;;;;+2. The van der Waals surface area contributed by atoms with Crippen LogP contribution in [0, 0.1) is 0 Å². The van der Waals surface area contributed by atoms with E-state index >= 15 is 0 Å². The normalized spacial score (nSPS) is 4.62. The molecule has 0 fully saturated rings. The van der Waals surface area contributed by atoms with E-state index < -0.39 is 0 Å². The third kappa shape index (κ3) is 35.9. The van der Waals surface area contributed by atoms with Crippen LogP contribution < -0.4 is 0 Å². The van der Waals surface area contributed by atoms with E-state index in [9.17, 15) is 0 Å². The zero-order chi connectivity index (χ0) is 10.2. The van der Waals surface area contributed by atoms with Gasteiger partial charge in [-0.1, -0.05) is 36.4 Å². The van der Waals surface area contributed by atoms with Crippen molar-refractivity contribution in [3.8, 4) is 0 Å². The Bertz CT molecular complexity index is 115. The van der Waals surface area contributed by atoms with Crippen LogP contribution in [0.4, 0.5) is 0 Å². The van der Waals surface area contributed by atoms with E-state index in [0.717, 1.165) is 0 Å². The van der Waals surface area contributed by atoms with Crippen molar-refractivity contribution in [2.45, 2.75) is 0 Å². The molecule has 13 heavy (non-hydrogen) atoms. The van der Waals surface area contributed by atoms with E-state index in [1.807, 2.05) is 56.8 Å². The van der Waals surface area contributed by atoms with E-state index in [2.05, 4.69) is 0 Å². The molecule has 0 atom stereocenters. The largest absolute Gasteiger partial charge is 2.00 e. The van der Waals surface area contributed by atoms with Crippen molar-refractivity contribution < 1.29 is 35.4 Å². The summed E-state index contributed by atoms with van der Waals surface area (Å²) in [6.07, 6.45) is 0. The zero-order valence-electron chi connectivity index (χ0n) is 7.22. The molecule has 0 heterocycles. The molecule has 0 saturated carbocycles. The molecule has 0 aliphatic carbocycles. The Labute approximate surface area is 92.4 Å². The molecular formula is C9H12O3W+2. The van der Waals surface area contributed by atoms with Crippen LogP contribution in [0.15, 0.2) is 36.4 Å². The van der Waals surface area contributed by atoms with Gasteiger partial charge in [0.15, 0.2) is 0 Å². The van der Waals surface area contributed by atoms with Crippen LogP contribution in [0.3, 0.4) is 0 Å². The minimum atomic E-state index is 0. The van der Waals surface area contributed by atoms with Crippen LogP contribution in [-0.2, 0) is 35.4 Å². The predicted octanol–water partition coefficient (Wildman–Crippen LogP) is 1.13. The van der Waals surface area contributed by atoms with Gasteiger partial charge < -0.3 is 14.4 Å². The summed E-state index contributed by atoms with van der Waals surface area (Å²) < 4.78 is 0. The van der Waals surface area contributed by atoms with Crippen LogP contribution >= 0.6 is 0 Å². The summed E-state index contributed by atoms with van der Waals surface area (Å²) in [6, 6.07) is 12.0. The van der Waals surface area contributed by atoms with Gasteiger partial charge in [-0.15, -0.1) is 0 Å². The summed E-state index contributed by atoms with van der Waals surface area (Å²) >= 11 is 0. The Balaban J connectivity index is -0.0000000508. The molecule has 1 aromatic rings. The second-order valence-corrected chi connectivity index (χ2v) is 1.15. The quantitative estimate of drug-likeness (QED) is 0.704. The van der Waals surface area contributed by atoms with Crippen LogP contribution in [0.1, 0.15) is 0 Å². The number of carbonyl (C=O) groups is 3. The Morgan fingerprint density at radius 3 is 0.615 bits per heavy atom. The Morgan fingerprint density at radius 2 is 0.538 bits per heavy atom. The fraction of sp³-hybridized carbons (Fsp3) is 0. The van der Waals surface area contributed by atoms with Crippen LogP contribution in [0.5, 0.6) is 0 Å². The summed E-state index contributed by atoms with van der Waals surface area (Å²) in [7, 11) is 0. The van der Waals surface area contributed by atoms with Crippen molar-refractivity contribution in [3.05, 3.63) is 36.4 Å². The number of benzene rings is 1. The van der Waals surface area contributed by atoms with Crippen molar-refractivity contribution in [1.29, 1.82) is 0 Å². The molecule has 0 bridgehead atoms. The third-order valence-electron chi connectivity index (χ3n) is 0.667. The minimum Gasteiger partial charge on any atom is -0.307 e. The van der Waals surface area contributed by atoms with Crippen LogP contribution in [0.25, 0.3) is 0 Å². The number of hydrogen-bond donors (Lipinski definition) is 0. The third-order valence-corrected chi connectivity index (χ3v) is 0.667. The molecule has 0 saturated heterocycles. The van der Waals surface area contributed by atoms with Crippen LogP contribution in [0.2, 0.25) is 0 Å². The van der Waals surface area contributed by atoms with E-state index in [1.54, 1.807) is 0 Å². The molecule has 1 rings (SSSR count). The zero-order valence-corrected chi connectivity index (χ0v) is 10.2. The van der Waals surface area contributed by atoms with Crippen molar-refractivity contribution in [2.24, 2.45) is 0 Å². The SMILES string of the molecule is C=O.C=O.C=O.[W+2].c1ccccc1. The first-order valence-corrected chi connectivity index (χ1v) is 2.87. The van der Waals surface area contributed by atoms with E-state index in [1.165, 1.54) is 0 Å². The van der Waals surface area contributed by atoms with Gasteiger partial charge in [0, 0.05) is 0 Å². The van der Waals surface area contributed by atoms with Gasteiger partial charge in [0.25, 0.3) is 0 Å². The van der Waals surface area contributed by atoms with Gasteiger partial charge in [0.2, 0.25) is 0 Å². The minimum absolute atomic E-state index is 0. The van der Waals surface area contributed by atoms with Gasteiger partial charge in [-0.2, -0.15) is 0 Å². The maximum Gasteiger partial charge on any atom is 2.00 e. The Kier molecular flexibility index (Phi) is 77.4. The van der Waals surface area contributed by atoms with Gasteiger partial charge in [-0.3, -0.25) is 0 Å². The van der Waals surface area contributed by atoms with E-state index in [0.29, 0.717) is 0 Å². The van der Waals surface area contributed by atoms with Crippen molar-refractivity contribution >= 4 is 20.4 Å². The van der Waals surface area contributed by atoms with E-state index in [4.69, 9.17) is 14.4 Å². The second kappa shape index (κ2) is 44.4. The Morgan fingerprint density at radius 1 is 0.462 bits per heavy atom. The summed E-state index contributed by atoms with van der Waals surface area (Å²) in [4.78, 5) is 24.0. The predicted molar refractivity (Wildman–Crippen MR) is 47.8 cm³/mol. The maximum atomic E-state index is 8.00. The molecule has 1 aromatic carbocycles. The monoisotopic (exact) mass is 352 g/mol. The molecule has 70 valence electrons.